The van der Waals surface area contributed by atoms with Crippen molar-refractivity contribution < 1.29 is 0 Å². The smallest absolute Gasteiger partial charge is 0.111 e. The Labute approximate surface area is 211 Å². The minimum Gasteiger partial charge on any atom is -0.318 e. The Morgan fingerprint density at radius 2 is 0.882 bits per heavy atom. The fourth-order valence-corrected chi connectivity index (χ4v) is 7.20. The van der Waals surface area contributed by atoms with E-state index in [2.05, 4.69) is 114 Å². The van der Waals surface area contributed by atoms with E-state index in [0.29, 0.717) is 0 Å². The number of para-hydroxylation sites is 4. The minimum atomic E-state index is 0.179. The van der Waals surface area contributed by atoms with Gasteiger partial charge in [-0.15, -0.1) is 0 Å². The van der Waals surface area contributed by atoms with Crippen LogP contribution >= 0.6 is 23.5 Å². The van der Waals surface area contributed by atoms with Gasteiger partial charge in [0.1, 0.15) is 6.17 Å². The van der Waals surface area contributed by atoms with Crippen molar-refractivity contribution in [2.45, 2.75) is 58.4 Å². The van der Waals surface area contributed by atoms with E-state index < -0.39 is 0 Å². The topological polar surface area (TPSA) is 6.48 Å². The summed E-state index contributed by atoms with van der Waals surface area (Å²) < 4.78 is 0. The average molecular weight is 481 g/mol. The third kappa shape index (κ3) is 3.79. The zero-order valence-electron chi connectivity index (χ0n) is 19.4. The third-order valence-electron chi connectivity index (χ3n) is 6.60. The molecule has 0 saturated carbocycles. The van der Waals surface area contributed by atoms with Gasteiger partial charge in [0, 0.05) is 19.6 Å². The van der Waals surface area contributed by atoms with Gasteiger partial charge in [0.2, 0.25) is 0 Å². The molecule has 0 aromatic heterocycles. The largest absolute Gasteiger partial charge is 0.318 e. The van der Waals surface area contributed by atoms with E-state index in [1.807, 2.05) is 23.5 Å². The molecule has 0 spiro atoms. The van der Waals surface area contributed by atoms with Crippen LogP contribution in [-0.2, 0) is 0 Å². The summed E-state index contributed by atoms with van der Waals surface area (Å²) in [6.45, 7) is 2.29. The van der Waals surface area contributed by atoms with Crippen molar-refractivity contribution in [2.24, 2.45) is 0 Å². The second-order valence-corrected chi connectivity index (χ2v) is 11.0. The number of nitrogens with zero attached hydrogens (tertiary/aromatic N) is 2. The highest BCUT2D eigenvalue weighted by Gasteiger charge is 2.36. The standard InChI is InChI=1S/C30H28N2S2/c1-2-3-4-21-30(31-22-13-5-9-17-26(22)33-27-18-10-6-14-23(27)31)32-24-15-7-11-19-28(24)34-29-20-12-8-16-25(29)32/h5-20,30H,2-4,21H2,1H3. The van der Waals surface area contributed by atoms with E-state index in [1.165, 1.54) is 61.6 Å². The fourth-order valence-electron chi connectivity index (χ4n) is 5.06. The van der Waals surface area contributed by atoms with Crippen molar-refractivity contribution in [1.82, 2.24) is 0 Å². The van der Waals surface area contributed by atoms with Gasteiger partial charge < -0.3 is 9.80 Å². The van der Waals surface area contributed by atoms with E-state index in [1.54, 1.807) is 0 Å². The van der Waals surface area contributed by atoms with Crippen LogP contribution in [0.25, 0.3) is 0 Å². The molecular weight excluding hydrogens is 452 g/mol. The molecule has 0 N–H and O–H groups in total. The van der Waals surface area contributed by atoms with Crippen molar-refractivity contribution in [1.29, 1.82) is 0 Å². The molecule has 0 radical (unpaired) electrons. The SMILES string of the molecule is CCCCCC(N1c2ccccc2Sc2ccccc21)N1c2ccccc2Sc2ccccc21. The Bertz CT molecular complexity index is 1130. The predicted octanol–water partition coefficient (Wildman–Crippen LogP) is 9.50. The second-order valence-electron chi connectivity index (χ2n) is 8.79. The molecule has 4 aromatic rings. The molecule has 0 aliphatic carbocycles. The molecule has 4 heteroatoms. The lowest BCUT2D eigenvalue weighted by molar-refractivity contribution is 0.547. The van der Waals surface area contributed by atoms with Crippen LogP contribution in [0.1, 0.15) is 32.6 Å². The van der Waals surface area contributed by atoms with Gasteiger partial charge in [-0.25, -0.2) is 0 Å². The van der Waals surface area contributed by atoms with E-state index in [-0.39, 0.29) is 6.17 Å². The van der Waals surface area contributed by atoms with Crippen LogP contribution in [0.4, 0.5) is 22.7 Å². The maximum absolute atomic E-state index is 2.61. The first-order valence-corrected chi connectivity index (χ1v) is 13.8. The molecule has 0 atom stereocenters. The summed E-state index contributed by atoms with van der Waals surface area (Å²) in [4.78, 5) is 10.5. The highest BCUT2D eigenvalue weighted by atomic mass is 32.2. The Morgan fingerprint density at radius 1 is 0.529 bits per heavy atom. The number of hydrogen-bond donors (Lipinski definition) is 0. The Balaban J connectivity index is 1.56. The molecule has 0 bridgehead atoms. The highest BCUT2D eigenvalue weighted by molar-refractivity contribution is 8.00. The van der Waals surface area contributed by atoms with Gasteiger partial charge in [0.05, 0.1) is 22.7 Å². The van der Waals surface area contributed by atoms with E-state index in [9.17, 15) is 0 Å². The maximum Gasteiger partial charge on any atom is 0.111 e. The quantitative estimate of drug-likeness (QED) is 0.253. The Hall–Kier alpha value is -2.82. The van der Waals surface area contributed by atoms with Crippen LogP contribution in [-0.4, -0.2) is 6.17 Å². The fraction of sp³-hybridized carbons (Fsp3) is 0.200. The normalized spacial score (nSPS) is 13.8. The van der Waals surface area contributed by atoms with Crippen LogP contribution in [0.5, 0.6) is 0 Å². The summed E-state index contributed by atoms with van der Waals surface area (Å²) in [5, 5.41) is 0. The molecule has 0 amide bonds. The molecule has 4 aromatic carbocycles. The van der Waals surface area contributed by atoms with Crippen molar-refractivity contribution in [3.05, 3.63) is 97.1 Å². The van der Waals surface area contributed by atoms with E-state index >= 15 is 0 Å². The summed E-state index contributed by atoms with van der Waals surface area (Å²) in [6.07, 6.45) is 4.93. The highest BCUT2D eigenvalue weighted by Crippen LogP contribution is 2.54. The summed E-state index contributed by atoms with van der Waals surface area (Å²) >= 11 is 3.77. The molecule has 2 nitrogen and oxygen atoms in total. The van der Waals surface area contributed by atoms with E-state index in [4.69, 9.17) is 0 Å². The Morgan fingerprint density at radius 3 is 1.24 bits per heavy atom. The van der Waals surface area contributed by atoms with E-state index in [0.717, 1.165) is 6.42 Å². The average Bonchev–Trinajstić information content (AvgIpc) is 2.89. The Kier molecular flexibility index (Phi) is 6.02. The number of fused-ring (bicyclic) bond motifs is 4. The van der Waals surface area contributed by atoms with Gasteiger partial charge in [-0.3, -0.25) is 0 Å². The van der Waals surface area contributed by atoms with Gasteiger partial charge in [0.25, 0.3) is 0 Å². The zero-order chi connectivity index (χ0) is 22.9. The van der Waals surface area contributed by atoms with Crippen LogP contribution < -0.4 is 9.80 Å². The first-order chi connectivity index (χ1) is 16.8. The predicted molar refractivity (Wildman–Crippen MR) is 146 cm³/mol. The second kappa shape index (κ2) is 9.44. The molecule has 0 saturated heterocycles. The molecule has 6 rings (SSSR count). The number of anilines is 4. The lowest BCUT2D eigenvalue weighted by atomic mass is 10.1. The van der Waals surface area contributed by atoms with Gasteiger partial charge in [-0.1, -0.05) is 91.8 Å². The van der Waals surface area contributed by atoms with Crippen molar-refractivity contribution in [3.8, 4) is 0 Å². The first kappa shape index (κ1) is 21.7. The molecule has 2 aliphatic heterocycles. The molecule has 170 valence electrons. The van der Waals surface area contributed by atoms with Crippen LogP contribution in [0.2, 0.25) is 0 Å². The summed E-state index contributed by atoms with van der Waals surface area (Å²) in [5.74, 6) is 0. The molecule has 0 unspecified atom stereocenters. The number of benzene rings is 4. The maximum atomic E-state index is 2.61. The van der Waals surface area contributed by atoms with Crippen LogP contribution in [0.15, 0.2) is 117 Å². The monoisotopic (exact) mass is 480 g/mol. The van der Waals surface area contributed by atoms with Crippen molar-refractivity contribution in [2.75, 3.05) is 9.80 Å². The summed E-state index contributed by atoms with van der Waals surface area (Å²) in [5.41, 5.74) is 5.23. The van der Waals surface area contributed by atoms with Crippen molar-refractivity contribution >= 4 is 46.3 Å². The van der Waals surface area contributed by atoms with Crippen LogP contribution in [0, 0.1) is 0 Å². The van der Waals surface area contributed by atoms with Gasteiger partial charge in [0.15, 0.2) is 0 Å². The third-order valence-corrected chi connectivity index (χ3v) is 8.86. The lowest BCUT2D eigenvalue weighted by Crippen LogP contribution is -2.46. The lowest BCUT2D eigenvalue weighted by Gasteiger charge is -2.47. The minimum absolute atomic E-state index is 0.179. The molecule has 0 fully saturated rings. The number of rotatable bonds is 6. The van der Waals surface area contributed by atoms with Crippen LogP contribution in [0.3, 0.4) is 0 Å². The van der Waals surface area contributed by atoms with Gasteiger partial charge in [-0.2, -0.15) is 0 Å². The zero-order valence-corrected chi connectivity index (χ0v) is 21.0. The van der Waals surface area contributed by atoms with Crippen molar-refractivity contribution in [3.63, 3.8) is 0 Å². The molecule has 2 aliphatic rings. The van der Waals surface area contributed by atoms with Gasteiger partial charge >= 0.3 is 0 Å². The molecule has 2 heterocycles. The molecular formula is C30H28N2S2. The summed E-state index contributed by atoms with van der Waals surface area (Å²) in [7, 11) is 0. The van der Waals surface area contributed by atoms with Gasteiger partial charge in [-0.05, 0) is 61.4 Å². The molecule has 34 heavy (non-hydrogen) atoms. The number of hydrogen-bond acceptors (Lipinski definition) is 4. The first-order valence-electron chi connectivity index (χ1n) is 12.2. The number of unbranched alkanes of at least 4 members (excludes halogenated alkanes) is 2. The summed E-state index contributed by atoms with van der Waals surface area (Å²) in [6, 6.07) is 35.6.